The van der Waals surface area contributed by atoms with Crippen molar-refractivity contribution in [3.8, 4) is 11.3 Å². The number of carbonyl (C=O) groups is 1. The lowest BCUT2D eigenvalue weighted by Crippen LogP contribution is -2.01. The molecule has 0 radical (unpaired) electrons. The molecule has 0 spiro atoms. The largest absolute Gasteiger partial charge is 0.464 e. The van der Waals surface area contributed by atoms with E-state index in [9.17, 15) is 9.18 Å². The second kappa shape index (κ2) is 4.14. The van der Waals surface area contributed by atoms with Crippen LogP contribution in [0.1, 0.15) is 10.5 Å². The number of halogens is 1. The van der Waals surface area contributed by atoms with Crippen LogP contribution >= 0.6 is 0 Å². The highest BCUT2D eigenvalue weighted by atomic mass is 19.1. The van der Waals surface area contributed by atoms with Crippen LogP contribution in [0.4, 0.5) is 4.39 Å². The molecule has 0 aromatic carbocycles. The van der Waals surface area contributed by atoms with Gasteiger partial charge in [-0.05, 0) is 18.2 Å². The van der Waals surface area contributed by atoms with Crippen molar-refractivity contribution in [1.29, 1.82) is 0 Å². The van der Waals surface area contributed by atoms with E-state index in [-0.39, 0.29) is 5.69 Å². The van der Waals surface area contributed by atoms with E-state index in [0.717, 1.165) is 6.20 Å². The first kappa shape index (κ1) is 10.4. The summed E-state index contributed by atoms with van der Waals surface area (Å²) in [6.07, 6.45) is 2.60. The Morgan fingerprint density at radius 3 is 2.94 bits per heavy atom. The van der Waals surface area contributed by atoms with Crippen molar-refractivity contribution in [3.63, 3.8) is 0 Å². The van der Waals surface area contributed by atoms with Crippen LogP contribution in [0.25, 0.3) is 11.3 Å². The Labute approximate surface area is 91.1 Å². The monoisotopic (exact) mass is 220 g/mol. The molecule has 1 N–H and O–H groups in total. The number of nitrogens with one attached hydrogen (secondary N) is 1. The molecule has 0 fully saturated rings. The summed E-state index contributed by atoms with van der Waals surface area (Å²) < 4.78 is 17.9. The number of methoxy groups -OCH3 is 1. The molecule has 0 unspecified atom stereocenters. The van der Waals surface area contributed by atoms with Crippen molar-refractivity contribution in [2.45, 2.75) is 0 Å². The molecule has 82 valence electrons. The lowest BCUT2D eigenvalue weighted by molar-refractivity contribution is 0.0595. The van der Waals surface area contributed by atoms with E-state index in [1.54, 1.807) is 12.1 Å². The Bertz CT molecular complexity index is 522. The fraction of sp³-hybridized carbons (Fsp3) is 0.0909. The Morgan fingerprint density at radius 1 is 1.44 bits per heavy atom. The molecule has 5 heteroatoms. The molecule has 0 aliphatic rings. The molecule has 0 aliphatic heterocycles. The molecule has 0 amide bonds. The third kappa shape index (κ3) is 1.79. The Kier molecular flexibility index (Phi) is 2.68. The minimum Gasteiger partial charge on any atom is -0.464 e. The highest BCUT2D eigenvalue weighted by Crippen LogP contribution is 2.20. The summed E-state index contributed by atoms with van der Waals surface area (Å²) in [5, 5.41) is 0. The van der Waals surface area contributed by atoms with E-state index >= 15 is 0 Å². The van der Waals surface area contributed by atoms with Gasteiger partial charge in [-0.3, -0.25) is 4.98 Å². The van der Waals surface area contributed by atoms with Crippen molar-refractivity contribution < 1.29 is 13.9 Å². The maximum atomic E-state index is 13.4. The van der Waals surface area contributed by atoms with Gasteiger partial charge in [-0.2, -0.15) is 0 Å². The van der Waals surface area contributed by atoms with Crippen LogP contribution in [0.3, 0.4) is 0 Å². The number of hydrogen-bond acceptors (Lipinski definition) is 3. The zero-order valence-corrected chi connectivity index (χ0v) is 8.53. The number of esters is 1. The average molecular weight is 220 g/mol. The summed E-state index contributed by atoms with van der Waals surface area (Å²) >= 11 is 0. The Hall–Kier alpha value is -2.17. The molecule has 4 nitrogen and oxygen atoms in total. The van der Waals surface area contributed by atoms with Gasteiger partial charge in [0, 0.05) is 17.5 Å². The Morgan fingerprint density at radius 2 is 2.25 bits per heavy atom. The number of hydrogen-bond donors (Lipinski definition) is 1. The first-order chi connectivity index (χ1) is 7.72. The number of pyridine rings is 1. The van der Waals surface area contributed by atoms with Crippen molar-refractivity contribution in [2.75, 3.05) is 7.11 Å². The molecule has 2 heterocycles. The predicted octanol–water partition coefficient (Wildman–Crippen LogP) is 2.00. The molecular formula is C11H9FN2O2. The maximum absolute atomic E-state index is 13.4. The van der Waals surface area contributed by atoms with E-state index in [0.29, 0.717) is 11.3 Å². The smallest absolute Gasteiger partial charge is 0.354 e. The van der Waals surface area contributed by atoms with E-state index in [1.165, 1.54) is 19.4 Å². The van der Waals surface area contributed by atoms with Crippen LogP contribution in [0.15, 0.2) is 30.6 Å². The number of H-pyrrole nitrogens is 1. The van der Waals surface area contributed by atoms with Gasteiger partial charge in [0.25, 0.3) is 0 Å². The van der Waals surface area contributed by atoms with E-state index in [1.807, 2.05) is 0 Å². The molecule has 0 saturated heterocycles. The number of rotatable bonds is 2. The SMILES string of the molecule is COC(=O)c1ccc(-c2ccncc2F)[nH]1. The van der Waals surface area contributed by atoms with Crippen LogP contribution in [0.5, 0.6) is 0 Å². The minimum atomic E-state index is -0.485. The molecule has 0 bridgehead atoms. The second-order valence-electron chi connectivity index (χ2n) is 3.13. The fourth-order valence-corrected chi connectivity index (χ4v) is 1.37. The summed E-state index contributed by atoms with van der Waals surface area (Å²) in [7, 11) is 1.29. The highest BCUT2D eigenvalue weighted by Gasteiger charge is 2.11. The van der Waals surface area contributed by atoms with E-state index < -0.39 is 11.8 Å². The standard InChI is InChI=1S/C11H9FN2O2/c1-16-11(15)10-3-2-9(14-10)7-4-5-13-6-8(7)12/h2-6,14H,1H3. The fourth-order valence-electron chi connectivity index (χ4n) is 1.37. The van der Waals surface area contributed by atoms with Gasteiger partial charge < -0.3 is 9.72 Å². The van der Waals surface area contributed by atoms with Gasteiger partial charge in [-0.1, -0.05) is 0 Å². The summed E-state index contributed by atoms with van der Waals surface area (Å²) in [6, 6.07) is 4.69. The minimum absolute atomic E-state index is 0.286. The summed E-state index contributed by atoms with van der Waals surface area (Å²) in [6.45, 7) is 0. The lowest BCUT2D eigenvalue weighted by atomic mass is 10.2. The Balaban J connectivity index is 2.39. The first-order valence-electron chi connectivity index (χ1n) is 4.59. The second-order valence-corrected chi connectivity index (χ2v) is 3.13. The topological polar surface area (TPSA) is 55.0 Å². The van der Waals surface area contributed by atoms with Crippen LogP contribution in [0.2, 0.25) is 0 Å². The van der Waals surface area contributed by atoms with E-state index in [4.69, 9.17) is 0 Å². The highest BCUT2D eigenvalue weighted by molar-refractivity contribution is 5.88. The average Bonchev–Trinajstić information content (AvgIpc) is 2.78. The number of carbonyl (C=O) groups excluding carboxylic acids is 1. The maximum Gasteiger partial charge on any atom is 0.354 e. The van der Waals surface area contributed by atoms with Gasteiger partial charge in [0.05, 0.1) is 13.3 Å². The quantitative estimate of drug-likeness (QED) is 0.787. The zero-order valence-electron chi connectivity index (χ0n) is 8.53. The molecular weight excluding hydrogens is 211 g/mol. The third-order valence-electron chi connectivity index (χ3n) is 2.15. The van der Waals surface area contributed by atoms with E-state index in [2.05, 4.69) is 14.7 Å². The van der Waals surface area contributed by atoms with Gasteiger partial charge in [-0.25, -0.2) is 9.18 Å². The van der Waals surface area contributed by atoms with Crippen LogP contribution in [-0.4, -0.2) is 23.0 Å². The van der Waals surface area contributed by atoms with Crippen molar-refractivity contribution in [1.82, 2.24) is 9.97 Å². The van der Waals surface area contributed by atoms with Gasteiger partial charge >= 0.3 is 5.97 Å². The molecule has 2 rings (SSSR count). The molecule has 0 saturated carbocycles. The van der Waals surface area contributed by atoms with Gasteiger partial charge in [0.15, 0.2) is 5.82 Å². The number of ether oxygens (including phenoxy) is 1. The van der Waals surface area contributed by atoms with Crippen LogP contribution in [0, 0.1) is 5.82 Å². The van der Waals surface area contributed by atoms with Gasteiger partial charge in [0.2, 0.25) is 0 Å². The molecule has 2 aromatic rings. The van der Waals surface area contributed by atoms with Crippen molar-refractivity contribution in [3.05, 3.63) is 42.1 Å². The van der Waals surface area contributed by atoms with Crippen LogP contribution in [-0.2, 0) is 4.74 Å². The number of aromatic nitrogens is 2. The molecule has 2 aromatic heterocycles. The predicted molar refractivity (Wildman–Crippen MR) is 55.3 cm³/mol. The van der Waals surface area contributed by atoms with Crippen LogP contribution < -0.4 is 0 Å². The summed E-state index contributed by atoms with van der Waals surface area (Å²) in [5.41, 5.74) is 1.17. The molecule has 0 atom stereocenters. The number of nitrogens with zero attached hydrogens (tertiary/aromatic N) is 1. The molecule has 0 aliphatic carbocycles. The summed E-state index contributed by atoms with van der Waals surface area (Å²) in [5.74, 6) is -0.929. The third-order valence-corrected chi connectivity index (χ3v) is 2.15. The molecule has 16 heavy (non-hydrogen) atoms. The normalized spacial score (nSPS) is 10.1. The first-order valence-corrected chi connectivity index (χ1v) is 4.59. The van der Waals surface area contributed by atoms with Crippen molar-refractivity contribution in [2.24, 2.45) is 0 Å². The van der Waals surface area contributed by atoms with Gasteiger partial charge in [0.1, 0.15) is 5.69 Å². The summed E-state index contributed by atoms with van der Waals surface area (Å²) in [4.78, 5) is 17.6. The number of aromatic amines is 1. The van der Waals surface area contributed by atoms with Gasteiger partial charge in [-0.15, -0.1) is 0 Å². The zero-order chi connectivity index (χ0) is 11.5. The van der Waals surface area contributed by atoms with Crippen molar-refractivity contribution >= 4 is 5.97 Å². The lowest BCUT2D eigenvalue weighted by Gasteiger charge is -1.99.